The molecule has 0 bridgehead atoms. The summed E-state index contributed by atoms with van der Waals surface area (Å²) in [4.78, 5) is 13.2. The number of alkyl halides is 2. The molecule has 0 aromatic heterocycles. The van der Waals surface area contributed by atoms with Crippen molar-refractivity contribution in [1.82, 2.24) is 10.2 Å². The van der Waals surface area contributed by atoms with Crippen molar-refractivity contribution in [2.45, 2.75) is 20.1 Å². The minimum Gasteiger partial charge on any atom is -0.493 e. The fourth-order valence-corrected chi connectivity index (χ4v) is 1.70. The highest BCUT2D eigenvalue weighted by atomic mass is 19.3. The molecule has 1 N–H and O–H groups in total. The van der Waals surface area contributed by atoms with Crippen LogP contribution < -0.4 is 14.8 Å². The Kier molecular flexibility index (Phi) is 6.87. The number of rotatable bonds is 8. The molecule has 0 heterocycles. The van der Waals surface area contributed by atoms with E-state index in [-0.39, 0.29) is 30.5 Å². The molecule has 7 heteroatoms. The fraction of sp³-hybridized carbons (Fsp3) is 0.500. The molecule has 5 nitrogen and oxygen atoms in total. The number of hydrogen-bond donors (Lipinski definition) is 1. The third kappa shape index (κ3) is 5.18. The van der Waals surface area contributed by atoms with E-state index in [0.717, 1.165) is 0 Å². The zero-order valence-electron chi connectivity index (χ0n) is 12.4. The number of halogens is 2. The maximum absolute atomic E-state index is 12.5. The number of amides is 1. The van der Waals surface area contributed by atoms with Gasteiger partial charge in [0.2, 0.25) is 5.91 Å². The number of nitrogens with one attached hydrogen (secondary N) is 1. The normalized spacial score (nSPS) is 10.6. The van der Waals surface area contributed by atoms with Gasteiger partial charge in [0.25, 0.3) is 0 Å². The first-order chi connectivity index (χ1) is 9.99. The Morgan fingerprint density at radius 2 is 2.14 bits per heavy atom. The monoisotopic (exact) mass is 302 g/mol. The summed E-state index contributed by atoms with van der Waals surface area (Å²) in [5, 5.41) is 2.91. The molecular formula is C14H20F2N2O3. The molecule has 0 spiro atoms. The van der Waals surface area contributed by atoms with Gasteiger partial charge in [0.15, 0.2) is 11.5 Å². The number of methoxy groups -OCH3 is 1. The summed E-state index contributed by atoms with van der Waals surface area (Å²) in [7, 11) is 3.07. The van der Waals surface area contributed by atoms with Crippen molar-refractivity contribution < 1.29 is 23.0 Å². The van der Waals surface area contributed by atoms with Gasteiger partial charge >= 0.3 is 6.61 Å². The highest BCUT2D eigenvalue weighted by Crippen LogP contribution is 2.32. The maximum Gasteiger partial charge on any atom is 0.387 e. The molecule has 1 amide bonds. The Morgan fingerprint density at radius 1 is 1.43 bits per heavy atom. The second-order valence-corrected chi connectivity index (χ2v) is 4.34. The molecule has 1 rings (SSSR count). The molecule has 0 unspecified atom stereocenters. The van der Waals surface area contributed by atoms with Crippen LogP contribution in [0.25, 0.3) is 0 Å². The van der Waals surface area contributed by atoms with Crippen molar-refractivity contribution in [3.63, 3.8) is 0 Å². The third-order valence-corrected chi connectivity index (χ3v) is 2.98. The minimum absolute atomic E-state index is 0.0150. The number of likely N-dealkylation sites (N-methyl/N-ethyl adjacent to an activating group) is 1. The molecule has 0 saturated carbocycles. The molecule has 0 aliphatic heterocycles. The lowest BCUT2D eigenvalue weighted by Gasteiger charge is -2.17. The number of benzene rings is 1. The number of carbonyl (C=O) groups excluding carboxylic acids is 1. The SMILES string of the molecule is CCN(C)C(=O)CNCc1cccc(OC)c1OC(F)F. The summed E-state index contributed by atoms with van der Waals surface area (Å²) >= 11 is 0. The van der Waals surface area contributed by atoms with Gasteiger partial charge in [-0.2, -0.15) is 8.78 Å². The van der Waals surface area contributed by atoms with E-state index in [2.05, 4.69) is 10.1 Å². The second-order valence-electron chi connectivity index (χ2n) is 4.34. The molecule has 0 fully saturated rings. The second kappa shape index (κ2) is 8.41. The van der Waals surface area contributed by atoms with Crippen LogP contribution in [0.15, 0.2) is 18.2 Å². The van der Waals surface area contributed by atoms with Crippen molar-refractivity contribution in [3.8, 4) is 11.5 Å². The smallest absolute Gasteiger partial charge is 0.387 e. The van der Waals surface area contributed by atoms with E-state index in [1.807, 2.05) is 6.92 Å². The molecule has 21 heavy (non-hydrogen) atoms. The lowest BCUT2D eigenvalue weighted by Crippen LogP contribution is -2.35. The van der Waals surface area contributed by atoms with Gasteiger partial charge < -0.3 is 19.7 Å². The first kappa shape index (κ1) is 17.2. The van der Waals surface area contributed by atoms with Crippen LogP contribution in [-0.4, -0.2) is 44.7 Å². The van der Waals surface area contributed by atoms with Gasteiger partial charge in [0.1, 0.15) is 0 Å². The van der Waals surface area contributed by atoms with E-state index >= 15 is 0 Å². The predicted molar refractivity (Wildman–Crippen MR) is 74.6 cm³/mol. The molecule has 118 valence electrons. The lowest BCUT2D eigenvalue weighted by molar-refractivity contribution is -0.128. The van der Waals surface area contributed by atoms with Gasteiger partial charge in [0.05, 0.1) is 13.7 Å². The maximum atomic E-state index is 12.5. The molecule has 1 aromatic rings. The number of hydrogen-bond acceptors (Lipinski definition) is 4. The Hall–Kier alpha value is -1.89. The summed E-state index contributed by atoms with van der Waals surface area (Å²) in [5.74, 6) is 0.141. The Bertz CT molecular complexity index is 470. The van der Waals surface area contributed by atoms with Crippen LogP contribution in [0.5, 0.6) is 11.5 Å². The molecule has 0 aliphatic rings. The van der Waals surface area contributed by atoms with E-state index in [4.69, 9.17) is 4.74 Å². The number of para-hydroxylation sites is 1. The van der Waals surface area contributed by atoms with Crippen LogP contribution in [0.2, 0.25) is 0 Å². The quantitative estimate of drug-likeness (QED) is 0.796. The summed E-state index contributed by atoms with van der Waals surface area (Å²) in [5.41, 5.74) is 0.501. The van der Waals surface area contributed by atoms with Crippen LogP contribution in [0.1, 0.15) is 12.5 Å². The summed E-state index contributed by atoms with van der Waals surface area (Å²) in [6, 6.07) is 4.85. The van der Waals surface area contributed by atoms with Crippen LogP contribution in [0.3, 0.4) is 0 Å². The zero-order chi connectivity index (χ0) is 15.8. The van der Waals surface area contributed by atoms with Gasteiger partial charge in [-0.15, -0.1) is 0 Å². The molecule has 0 saturated heterocycles. The number of ether oxygens (including phenoxy) is 2. The van der Waals surface area contributed by atoms with Crippen LogP contribution >= 0.6 is 0 Å². The van der Waals surface area contributed by atoms with Gasteiger partial charge in [-0.1, -0.05) is 12.1 Å². The molecule has 0 aliphatic carbocycles. The van der Waals surface area contributed by atoms with Crippen LogP contribution in [-0.2, 0) is 11.3 Å². The van der Waals surface area contributed by atoms with Crippen molar-refractivity contribution in [1.29, 1.82) is 0 Å². The topological polar surface area (TPSA) is 50.8 Å². The highest BCUT2D eigenvalue weighted by Gasteiger charge is 2.15. The lowest BCUT2D eigenvalue weighted by atomic mass is 10.2. The summed E-state index contributed by atoms with van der Waals surface area (Å²) < 4.78 is 34.4. The van der Waals surface area contributed by atoms with Crippen molar-refractivity contribution >= 4 is 5.91 Å². The molecule has 0 atom stereocenters. The summed E-state index contributed by atoms with van der Waals surface area (Å²) in [6.45, 7) is -0.112. The highest BCUT2D eigenvalue weighted by molar-refractivity contribution is 5.77. The largest absolute Gasteiger partial charge is 0.493 e. The zero-order valence-corrected chi connectivity index (χ0v) is 12.4. The Labute approximate surface area is 122 Å². The van der Waals surface area contributed by atoms with Gasteiger partial charge in [-0.3, -0.25) is 4.79 Å². The third-order valence-electron chi connectivity index (χ3n) is 2.98. The first-order valence-electron chi connectivity index (χ1n) is 6.55. The van der Waals surface area contributed by atoms with Crippen molar-refractivity contribution in [2.75, 3.05) is 27.2 Å². The van der Waals surface area contributed by atoms with Gasteiger partial charge in [-0.05, 0) is 13.0 Å². The van der Waals surface area contributed by atoms with Crippen molar-refractivity contribution in [2.24, 2.45) is 0 Å². The van der Waals surface area contributed by atoms with Crippen LogP contribution in [0.4, 0.5) is 8.78 Å². The Morgan fingerprint density at radius 3 is 2.71 bits per heavy atom. The van der Waals surface area contributed by atoms with Gasteiger partial charge in [-0.25, -0.2) is 0 Å². The van der Waals surface area contributed by atoms with E-state index in [1.54, 1.807) is 24.1 Å². The van der Waals surface area contributed by atoms with E-state index in [9.17, 15) is 13.6 Å². The average Bonchev–Trinajstić information content (AvgIpc) is 2.47. The van der Waals surface area contributed by atoms with Crippen LogP contribution in [0, 0.1) is 0 Å². The molecular weight excluding hydrogens is 282 g/mol. The van der Waals surface area contributed by atoms with E-state index in [0.29, 0.717) is 12.1 Å². The van der Waals surface area contributed by atoms with E-state index in [1.165, 1.54) is 13.2 Å². The standard InChI is InChI=1S/C14H20F2N2O3/c1-4-18(2)12(19)9-17-8-10-6-5-7-11(20-3)13(10)21-14(15)16/h5-7,14,17H,4,8-9H2,1-3H3. The molecule has 0 radical (unpaired) electrons. The number of carbonyl (C=O) groups is 1. The van der Waals surface area contributed by atoms with Crippen molar-refractivity contribution in [3.05, 3.63) is 23.8 Å². The average molecular weight is 302 g/mol. The molecule has 1 aromatic carbocycles. The Balaban J connectivity index is 2.72. The summed E-state index contributed by atoms with van der Waals surface area (Å²) in [6.07, 6.45) is 0. The first-order valence-corrected chi connectivity index (χ1v) is 6.55. The number of nitrogens with zero attached hydrogens (tertiary/aromatic N) is 1. The predicted octanol–water partition coefficient (Wildman–Crippen LogP) is 1.86. The minimum atomic E-state index is -2.94. The fourth-order valence-electron chi connectivity index (χ4n) is 1.70. The van der Waals surface area contributed by atoms with E-state index < -0.39 is 6.61 Å². The van der Waals surface area contributed by atoms with Gasteiger partial charge in [0, 0.05) is 25.7 Å².